The Kier molecular flexibility index (Phi) is 7.13. The van der Waals surface area contributed by atoms with Gasteiger partial charge in [0.15, 0.2) is 0 Å². The normalized spacial score (nSPS) is 14.2. The van der Waals surface area contributed by atoms with Crippen molar-refractivity contribution in [1.82, 2.24) is 14.6 Å². The van der Waals surface area contributed by atoms with E-state index < -0.39 is 52.3 Å². The topological polar surface area (TPSA) is 70.5 Å². The summed E-state index contributed by atoms with van der Waals surface area (Å²) in [5.74, 6) is -4.76. The molecule has 0 bridgehead atoms. The van der Waals surface area contributed by atoms with Gasteiger partial charge in [0.1, 0.15) is 23.0 Å². The van der Waals surface area contributed by atoms with Gasteiger partial charge in [0.2, 0.25) is 5.95 Å². The van der Waals surface area contributed by atoms with Gasteiger partial charge >= 0.3 is 6.18 Å². The highest BCUT2D eigenvalue weighted by Crippen LogP contribution is 2.30. The number of carbonyl (C=O) groups excluding carboxylic acids is 1. The minimum absolute atomic E-state index is 0.00555. The van der Waals surface area contributed by atoms with Crippen molar-refractivity contribution in [1.29, 1.82) is 0 Å². The molecule has 1 atom stereocenters. The van der Waals surface area contributed by atoms with Crippen LogP contribution in [0, 0.1) is 17.5 Å². The fourth-order valence-corrected chi connectivity index (χ4v) is 4.25. The molecule has 2 heterocycles. The van der Waals surface area contributed by atoms with Crippen molar-refractivity contribution in [3.63, 3.8) is 0 Å². The van der Waals surface area contributed by atoms with E-state index in [0.29, 0.717) is 23.4 Å². The lowest BCUT2D eigenvalue weighted by Crippen LogP contribution is -2.46. The second-order valence-corrected chi connectivity index (χ2v) is 9.03. The van der Waals surface area contributed by atoms with Crippen molar-refractivity contribution in [3.8, 4) is 0 Å². The molecule has 7 nitrogen and oxygen atoms in total. The molecule has 0 unspecified atom stereocenters. The van der Waals surface area contributed by atoms with Crippen molar-refractivity contribution in [2.75, 3.05) is 31.0 Å². The van der Waals surface area contributed by atoms with Gasteiger partial charge in [-0.05, 0) is 24.6 Å². The van der Waals surface area contributed by atoms with E-state index >= 15 is 0 Å². The van der Waals surface area contributed by atoms with Gasteiger partial charge in [-0.3, -0.25) is 9.59 Å². The zero-order chi connectivity index (χ0) is 27.9. The van der Waals surface area contributed by atoms with Crippen LogP contribution in [0.25, 0.3) is 0 Å². The summed E-state index contributed by atoms with van der Waals surface area (Å²) in [5, 5.41) is 4.48. The fraction of sp³-hybridized carbons (Fsp3) is 0.320. The second kappa shape index (κ2) is 10.0. The van der Waals surface area contributed by atoms with E-state index in [1.54, 1.807) is 21.0 Å². The lowest BCUT2D eigenvalue weighted by molar-refractivity contribution is -0.137. The fourth-order valence-electron chi connectivity index (χ4n) is 4.25. The van der Waals surface area contributed by atoms with Gasteiger partial charge in [0, 0.05) is 39.2 Å². The summed E-state index contributed by atoms with van der Waals surface area (Å²) < 4.78 is 81.5. The minimum Gasteiger partial charge on any atom is -0.348 e. The van der Waals surface area contributed by atoms with Crippen LogP contribution in [0.4, 0.5) is 32.3 Å². The van der Waals surface area contributed by atoms with E-state index in [1.165, 1.54) is 21.8 Å². The van der Waals surface area contributed by atoms with Crippen molar-refractivity contribution in [3.05, 3.63) is 92.2 Å². The largest absolute Gasteiger partial charge is 0.416 e. The van der Waals surface area contributed by atoms with Crippen molar-refractivity contribution in [2.45, 2.75) is 32.1 Å². The first-order valence-electron chi connectivity index (χ1n) is 11.5. The Morgan fingerprint density at radius 1 is 1.08 bits per heavy atom. The number of aromatic nitrogens is 2. The third-order valence-corrected chi connectivity index (χ3v) is 6.20. The number of amides is 1. The molecule has 1 N–H and O–H groups in total. The van der Waals surface area contributed by atoms with Crippen LogP contribution in [0.15, 0.2) is 41.2 Å². The molecular formula is C25H23F6N5O2. The summed E-state index contributed by atoms with van der Waals surface area (Å²) in [5.41, 5.74) is -1.23. The van der Waals surface area contributed by atoms with E-state index in [0.717, 1.165) is 17.0 Å². The number of nitrogens with zero attached hydrogens (tertiary/aromatic N) is 4. The standard InChI is InChI=1S/C25H23F6N5O2/c1-13(14-4-6-15(7-5-14)25(29,30)31)32-24-33-20-8-9-35(12-17(20)22(37)36(24)34(2)3)23(38)21-18(27)10-16(26)11-19(21)28/h4-7,10-11,13H,8-9,12H2,1-3H3,(H,32,33)/t13-/m0/s1. The molecule has 0 spiro atoms. The Balaban J connectivity index is 1.63. The first kappa shape index (κ1) is 27.0. The molecule has 0 saturated carbocycles. The zero-order valence-electron chi connectivity index (χ0n) is 20.5. The maximum Gasteiger partial charge on any atom is 0.416 e. The van der Waals surface area contributed by atoms with Crippen molar-refractivity contribution in [2.24, 2.45) is 0 Å². The molecule has 2 aromatic carbocycles. The number of benzene rings is 2. The summed E-state index contributed by atoms with van der Waals surface area (Å²) in [6, 6.07) is 4.87. The molecule has 3 aromatic rings. The van der Waals surface area contributed by atoms with Gasteiger partial charge in [-0.25, -0.2) is 18.2 Å². The average molecular weight is 539 g/mol. The Morgan fingerprint density at radius 3 is 2.24 bits per heavy atom. The maximum atomic E-state index is 14.2. The molecule has 4 rings (SSSR count). The quantitative estimate of drug-likeness (QED) is 0.491. The van der Waals surface area contributed by atoms with E-state index in [2.05, 4.69) is 10.3 Å². The molecule has 0 saturated heterocycles. The summed E-state index contributed by atoms with van der Waals surface area (Å²) >= 11 is 0. The Labute approximate surface area is 213 Å². The molecule has 1 aliphatic rings. The molecule has 0 fully saturated rings. The molecule has 1 amide bonds. The van der Waals surface area contributed by atoms with Crippen LogP contribution in [0.5, 0.6) is 0 Å². The number of rotatable bonds is 5. The van der Waals surface area contributed by atoms with Gasteiger partial charge in [0.25, 0.3) is 11.5 Å². The number of alkyl halides is 3. The molecular weight excluding hydrogens is 516 g/mol. The van der Waals surface area contributed by atoms with E-state index in [9.17, 15) is 35.9 Å². The Bertz CT molecular complexity index is 1410. The van der Waals surface area contributed by atoms with Gasteiger partial charge in [-0.2, -0.15) is 17.8 Å². The number of hydrogen-bond donors (Lipinski definition) is 1. The Morgan fingerprint density at radius 2 is 1.68 bits per heavy atom. The maximum absolute atomic E-state index is 14.2. The summed E-state index contributed by atoms with van der Waals surface area (Å²) in [4.78, 5) is 31.9. The van der Waals surface area contributed by atoms with Crippen LogP contribution in [-0.2, 0) is 19.1 Å². The Hall–Kier alpha value is -4.03. The summed E-state index contributed by atoms with van der Waals surface area (Å²) in [6.45, 7) is 1.41. The first-order valence-corrected chi connectivity index (χ1v) is 11.5. The van der Waals surface area contributed by atoms with E-state index in [4.69, 9.17) is 0 Å². The lowest BCUT2D eigenvalue weighted by Gasteiger charge is -2.31. The van der Waals surface area contributed by atoms with Crippen molar-refractivity contribution >= 4 is 11.9 Å². The monoisotopic (exact) mass is 539 g/mol. The predicted molar refractivity (Wildman–Crippen MR) is 127 cm³/mol. The lowest BCUT2D eigenvalue weighted by atomic mass is 10.0. The number of nitrogens with one attached hydrogen (secondary N) is 1. The number of fused-ring (bicyclic) bond motifs is 1. The number of anilines is 1. The predicted octanol–water partition coefficient (Wildman–Crippen LogP) is 4.25. The average Bonchev–Trinajstić information content (AvgIpc) is 2.82. The second-order valence-electron chi connectivity index (χ2n) is 9.03. The molecule has 13 heteroatoms. The van der Waals surface area contributed by atoms with Crippen LogP contribution in [-0.4, -0.2) is 41.1 Å². The number of carbonyl (C=O) groups is 1. The number of hydrogen-bond acceptors (Lipinski definition) is 5. The highest BCUT2D eigenvalue weighted by Gasteiger charge is 2.32. The zero-order valence-corrected chi connectivity index (χ0v) is 20.5. The van der Waals surface area contributed by atoms with Crippen LogP contribution in [0.2, 0.25) is 0 Å². The van der Waals surface area contributed by atoms with Crippen LogP contribution < -0.4 is 15.9 Å². The van der Waals surface area contributed by atoms with Gasteiger partial charge in [0.05, 0.1) is 29.4 Å². The highest BCUT2D eigenvalue weighted by molar-refractivity contribution is 5.95. The molecule has 1 aromatic heterocycles. The highest BCUT2D eigenvalue weighted by atomic mass is 19.4. The molecule has 0 radical (unpaired) electrons. The molecule has 0 aliphatic carbocycles. The van der Waals surface area contributed by atoms with Gasteiger partial charge in [-0.15, -0.1) is 0 Å². The minimum atomic E-state index is -4.47. The van der Waals surface area contributed by atoms with E-state index in [-0.39, 0.29) is 31.0 Å². The first-order chi connectivity index (χ1) is 17.8. The third-order valence-electron chi connectivity index (χ3n) is 6.20. The summed E-state index contributed by atoms with van der Waals surface area (Å²) in [6.07, 6.45) is -4.37. The van der Waals surface area contributed by atoms with Crippen LogP contribution in [0.3, 0.4) is 0 Å². The van der Waals surface area contributed by atoms with Gasteiger partial charge in [-0.1, -0.05) is 12.1 Å². The molecule has 202 valence electrons. The van der Waals surface area contributed by atoms with E-state index in [1.807, 2.05) is 0 Å². The van der Waals surface area contributed by atoms with Crippen LogP contribution in [0.1, 0.15) is 45.7 Å². The van der Waals surface area contributed by atoms with Crippen molar-refractivity contribution < 1.29 is 31.1 Å². The number of halogens is 6. The van der Waals surface area contributed by atoms with Gasteiger partial charge < -0.3 is 15.2 Å². The molecule has 1 aliphatic heterocycles. The third kappa shape index (κ3) is 5.18. The smallest absolute Gasteiger partial charge is 0.348 e. The molecule has 38 heavy (non-hydrogen) atoms. The summed E-state index contributed by atoms with van der Waals surface area (Å²) in [7, 11) is 3.14. The SMILES string of the molecule is C[C@H](Nc1nc2c(c(=O)n1N(C)C)CN(C(=O)c1c(F)cc(F)cc1F)CC2)c1ccc(C(F)(F)F)cc1. The van der Waals surface area contributed by atoms with Crippen LogP contribution >= 0.6 is 0 Å².